The molecule has 24 heavy (non-hydrogen) atoms. The van der Waals surface area contributed by atoms with Crippen LogP contribution in [0.15, 0.2) is 47.3 Å². The third-order valence-corrected chi connectivity index (χ3v) is 4.72. The largest absolute Gasteiger partial charge is 0.372 e. The molecule has 2 aromatic carbocycles. The summed E-state index contributed by atoms with van der Waals surface area (Å²) in [6, 6.07) is 14.3. The van der Waals surface area contributed by atoms with Crippen LogP contribution in [0.5, 0.6) is 0 Å². The van der Waals surface area contributed by atoms with Gasteiger partial charge in [-0.3, -0.25) is 14.6 Å². The zero-order chi connectivity index (χ0) is 16.5. The molecule has 1 aromatic heterocycles. The van der Waals surface area contributed by atoms with Crippen LogP contribution in [0.25, 0.3) is 10.9 Å². The van der Waals surface area contributed by atoms with Crippen LogP contribution >= 0.6 is 0 Å². The number of H-pyrrole nitrogens is 1. The molecule has 0 unspecified atom stereocenters. The molecule has 0 amide bonds. The number of benzene rings is 2. The summed E-state index contributed by atoms with van der Waals surface area (Å²) < 4.78 is 1.50. The topological polar surface area (TPSA) is 53.1 Å². The second-order valence-corrected chi connectivity index (χ2v) is 6.46. The van der Waals surface area contributed by atoms with Gasteiger partial charge in [-0.15, -0.1) is 0 Å². The lowest BCUT2D eigenvalue weighted by Crippen LogP contribution is -2.29. The van der Waals surface area contributed by atoms with E-state index in [1.165, 1.54) is 29.6 Å². The molecule has 1 saturated heterocycles. The standard InChI is InChI=1S/C19H22N4O/c1-22-19(24)17-10-7-15(13-18(17)21-22)20-14-5-8-16(9-6-14)23-11-3-2-4-12-23/h5-10,13,20-21H,2-4,11-12H2,1H3. The quantitative estimate of drug-likeness (QED) is 0.774. The minimum absolute atomic E-state index is 0.00225. The Balaban J connectivity index is 1.53. The van der Waals surface area contributed by atoms with Crippen LogP contribution in [0.4, 0.5) is 17.1 Å². The van der Waals surface area contributed by atoms with E-state index in [2.05, 4.69) is 39.6 Å². The number of hydrogen-bond donors (Lipinski definition) is 2. The fourth-order valence-corrected chi connectivity index (χ4v) is 3.39. The van der Waals surface area contributed by atoms with Crippen LogP contribution in [0.1, 0.15) is 19.3 Å². The summed E-state index contributed by atoms with van der Waals surface area (Å²) >= 11 is 0. The van der Waals surface area contributed by atoms with Crippen molar-refractivity contribution in [3.05, 3.63) is 52.8 Å². The highest BCUT2D eigenvalue weighted by molar-refractivity contribution is 5.82. The predicted molar refractivity (Wildman–Crippen MR) is 99.3 cm³/mol. The minimum Gasteiger partial charge on any atom is -0.372 e. The molecule has 0 saturated carbocycles. The van der Waals surface area contributed by atoms with E-state index in [-0.39, 0.29) is 5.56 Å². The van der Waals surface area contributed by atoms with Crippen molar-refractivity contribution >= 4 is 28.0 Å². The van der Waals surface area contributed by atoms with Gasteiger partial charge in [-0.1, -0.05) is 0 Å². The zero-order valence-electron chi connectivity index (χ0n) is 13.9. The number of aromatic nitrogens is 2. The summed E-state index contributed by atoms with van der Waals surface area (Å²) in [6.45, 7) is 2.32. The smallest absolute Gasteiger partial charge is 0.274 e. The number of nitrogens with one attached hydrogen (secondary N) is 2. The van der Waals surface area contributed by atoms with Crippen molar-refractivity contribution in [3.63, 3.8) is 0 Å². The Kier molecular flexibility index (Phi) is 3.76. The summed E-state index contributed by atoms with van der Waals surface area (Å²) in [5.41, 5.74) is 4.16. The first-order chi connectivity index (χ1) is 11.7. The summed E-state index contributed by atoms with van der Waals surface area (Å²) in [4.78, 5) is 14.3. The number of nitrogens with zero attached hydrogens (tertiary/aromatic N) is 2. The average Bonchev–Trinajstić information content (AvgIpc) is 2.90. The van der Waals surface area contributed by atoms with E-state index in [1.807, 2.05) is 18.2 Å². The average molecular weight is 322 g/mol. The van der Waals surface area contributed by atoms with E-state index in [0.717, 1.165) is 30.0 Å². The van der Waals surface area contributed by atoms with Crippen molar-refractivity contribution in [2.45, 2.75) is 19.3 Å². The van der Waals surface area contributed by atoms with Crippen molar-refractivity contribution in [2.75, 3.05) is 23.3 Å². The van der Waals surface area contributed by atoms with Crippen LogP contribution in [0.2, 0.25) is 0 Å². The van der Waals surface area contributed by atoms with Gasteiger partial charge in [0, 0.05) is 37.2 Å². The maximum Gasteiger partial charge on any atom is 0.274 e. The van der Waals surface area contributed by atoms with Gasteiger partial charge in [0.25, 0.3) is 5.56 Å². The van der Waals surface area contributed by atoms with E-state index < -0.39 is 0 Å². The monoisotopic (exact) mass is 322 g/mol. The molecule has 5 nitrogen and oxygen atoms in total. The highest BCUT2D eigenvalue weighted by atomic mass is 16.1. The Bertz CT molecular complexity index is 901. The second-order valence-electron chi connectivity index (χ2n) is 6.46. The van der Waals surface area contributed by atoms with Gasteiger partial charge in [-0.05, 0) is 61.7 Å². The molecular weight excluding hydrogens is 300 g/mol. The molecule has 1 fully saturated rings. The summed E-state index contributed by atoms with van der Waals surface area (Å²) in [5.74, 6) is 0. The Morgan fingerprint density at radius 2 is 1.67 bits per heavy atom. The second kappa shape index (κ2) is 6.07. The molecular formula is C19H22N4O. The number of fused-ring (bicyclic) bond motifs is 1. The fraction of sp³-hybridized carbons (Fsp3) is 0.316. The predicted octanol–water partition coefficient (Wildman–Crippen LogP) is 3.60. The molecule has 0 atom stereocenters. The molecule has 1 aliphatic rings. The SMILES string of the molecule is Cn1[nH]c2cc(Nc3ccc(N4CCCCC4)cc3)ccc2c1=O. The van der Waals surface area contributed by atoms with Crippen LogP contribution in [-0.2, 0) is 7.05 Å². The molecule has 0 spiro atoms. The number of aryl methyl sites for hydroxylation is 1. The van der Waals surface area contributed by atoms with Crippen molar-refractivity contribution in [1.82, 2.24) is 9.78 Å². The lowest BCUT2D eigenvalue weighted by Gasteiger charge is -2.28. The van der Waals surface area contributed by atoms with Crippen LogP contribution in [0, 0.1) is 0 Å². The lowest BCUT2D eigenvalue weighted by molar-refractivity contribution is 0.578. The van der Waals surface area contributed by atoms with Gasteiger partial charge >= 0.3 is 0 Å². The highest BCUT2D eigenvalue weighted by Crippen LogP contribution is 2.24. The van der Waals surface area contributed by atoms with E-state index in [0.29, 0.717) is 5.39 Å². The fourth-order valence-electron chi connectivity index (χ4n) is 3.39. The number of aromatic amines is 1. The lowest BCUT2D eigenvalue weighted by atomic mass is 10.1. The van der Waals surface area contributed by atoms with Gasteiger partial charge in [-0.2, -0.15) is 0 Å². The molecule has 0 radical (unpaired) electrons. The maximum absolute atomic E-state index is 11.9. The highest BCUT2D eigenvalue weighted by Gasteiger charge is 2.10. The van der Waals surface area contributed by atoms with Crippen LogP contribution in [-0.4, -0.2) is 22.9 Å². The van der Waals surface area contributed by atoms with Crippen molar-refractivity contribution < 1.29 is 0 Å². The third-order valence-electron chi connectivity index (χ3n) is 4.72. The van der Waals surface area contributed by atoms with Gasteiger partial charge in [0.2, 0.25) is 0 Å². The van der Waals surface area contributed by atoms with Gasteiger partial charge in [0.15, 0.2) is 0 Å². The van der Waals surface area contributed by atoms with Crippen molar-refractivity contribution in [1.29, 1.82) is 0 Å². The van der Waals surface area contributed by atoms with Gasteiger partial charge in [-0.25, -0.2) is 0 Å². The van der Waals surface area contributed by atoms with Gasteiger partial charge < -0.3 is 10.2 Å². The van der Waals surface area contributed by atoms with Crippen LogP contribution < -0.4 is 15.8 Å². The summed E-state index contributed by atoms with van der Waals surface area (Å²) in [5, 5.41) is 7.18. The van der Waals surface area contributed by atoms with E-state index >= 15 is 0 Å². The normalized spacial score (nSPS) is 15.0. The Morgan fingerprint density at radius 3 is 2.42 bits per heavy atom. The van der Waals surface area contributed by atoms with E-state index in [1.54, 1.807) is 7.05 Å². The van der Waals surface area contributed by atoms with Crippen LogP contribution in [0.3, 0.4) is 0 Å². The molecule has 1 aliphatic heterocycles. The molecule has 2 heterocycles. The zero-order valence-corrected chi connectivity index (χ0v) is 13.9. The Labute approximate surface area is 140 Å². The number of rotatable bonds is 3. The third kappa shape index (κ3) is 2.77. The molecule has 0 bridgehead atoms. The number of anilines is 3. The minimum atomic E-state index is 0.00225. The van der Waals surface area contributed by atoms with Gasteiger partial charge in [0.05, 0.1) is 10.9 Å². The number of hydrogen-bond acceptors (Lipinski definition) is 3. The first kappa shape index (κ1) is 14.9. The molecule has 2 N–H and O–H groups in total. The molecule has 124 valence electrons. The first-order valence-corrected chi connectivity index (χ1v) is 8.51. The molecule has 0 aliphatic carbocycles. The maximum atomic E-state index is 11.9. The molecule has 4 rings (SSSR count). The summed E-state index contributed by atoms with van der Waals surface area (Å²) in [6.07, 6.45) is 3.92. The first-order valence-electron chi connectivity index (χ1n) is 8.51. The van der Waals surface area contributed by atoms with Crippen molar-refractivity contribution in [2.24, 2.45) is 7.05 Å². The molecule has 5 heteroatoms. The van der Waals surface area contributed by atoms with E-state index in [4.69, 9.17) is 0 Å². The molecule has 3 aromatic rings. The Morgan fingerprint density at radius 1 is 0.958 bits per heavy atom. The number of piperidine rings is 1. The summed E-state index contributed by atoms with van der Waals surface area (Å²) in [7, 11) is 1.73. The van der Waals surface area contributed by atoms with E-state index in [9.17, 15) is 4.79 Å². The van der Waals surface area contributed by atoms with Crippen molar-refractivity contribution in [3.8, 4) is 0 Å². The Hall–Kier alpha value is -2.69. The van der Waals surface area contributed by atoms with Gasteiger partial charge in [0.1, 0.15) is 0 Å².